The average molecular weight is 156 g/mol. The monoisotopic (exact) mass is 156 g/mol. The summed E-state index contributed by atoms with van der Waals surface area (Å²) in [5.41, 5.74) is 0. The van der Waals surface area contributed by atoms with E-state index in [1.54, 1.807) is 11.9 Å². The molecule has 0 saturated carbocycles. The van der Waals surface area contributed by atoms with Gasteiger partial charge in [-0.2, -0.15) is 0 Å². The molecule has 54 valence electrons. The quantitative estimate of drug-likeness (QED) is 0.510. The summed E-state index contributed by atoms with van der Waals surface area (Å²) in [6, 6.07) is 0. The predicted octanol–water partition coefficient (Wildman–Crippen LogP) is 0.247. The summed E-state index contributed by atoms with van der Waals surface area (Å²) in [5.74, 6) is 0.451. The first kappa shape index (κ1) is 7.34. The minimum Gasteiger partial charge on any atom is -0.350 e. The maximum absolute atomic E-state index is 10.8. The van der Waals surface area contributed by atoms with Crippen molar-refractivity contribution in [2.45, 2.75) is 6.92 Å². The maximum Gasteiger partial charge on any atom is 0.194 e. The Kier molecular flexibility index (Phi) is 1.80. The van der Waals surface area contributed by atoms with Gasteiger partial charge in [-0.25, -0.2) is 4.99 Å². The number of hydrogen-bond donors (Lipinski definition) is 0. The van der Waals surface area contributed by atoms with E-state index in [1.165, 1.54) is 6.92 Å². The molecule has 0 saturated heterocycles. The molecule has 0 aromatic carbocycles. The molecule has 0 N–H and O–H groups in total. The Morgan fingerprint density at radius 2 is 2.40 bits per heavy atom. The lowest BCUT2D eigenvalue weighted by molar-refractivity contribution is -0.111. The van der Waals surface area contributed by atoms with Crippen LogP contribution < -0.4 is 0 Å². The highest BCUT2D eigenvalue weighted by molar-refractivity contribution is 7.80. The number of Topliss-reactive ketones (excluding diaryl/α,β-unsaturated/α-hetero) is 1. The van der Waals surface area contributed by atoms with E-state index in [0.29, 0.717) is 17.4 Å². The Balaban J connectivity index is 2.85. The molecular formula is C6H8N2OS. The van der Waals surface area contributed by atoms with Crippen LogP contribution in [0.5, 0.6) is 0 Å². The third kappa shape index (κ3) is 1.21. The van der Waals surface area contributed by atoms with Crippen molar-refractivity contribution in [2.24, 2.45) is 4.99 Å². The van der Waals surface area contributed by atoms with E-state index in [4.69, 9.17) is 12.2 Å². The van der Waals surface area contributed by atoms with Gasteiger partial charge in [0.25, 0.3) is 0 Å². The molecule has 1 rings (SSSR count). The SMILES string of the molecule is CC(=O)C1=NC(=S)CN1C. The Bertz CT molecular complexity index is 222. The molecule has 0 atom stereocenters. The van der Waals surface area contributed by atoms with Gasteiger partial charge in [0, 0.05) is 14.0 Å². The van der Waals surface area contributed by atoms with Gasteiger partial charge < -0.3 is 4.90 Å². The van der Waals surface area contributed by atoms with E-state index in [9.17, 15) is 4.79 Å². The summed E-state index contributed by atoms with van der Waals surface area (Å²) in [5, 5.41) is 0. The molecule has 1 heterocycles. The van der Waals surface area contributed by atoms with Crippen LogP contribution in [-0.2, 0) is 4.79 Å². The fourth-order valence-corrected chi connectivity index (χ4v) is 1.14. The molecule has 0 aromatic rings. The molecule has 10 heavy (non-hydrogen) atoms. The van der Waals surface area contributed by atoms with Crippen molar-refractivity contribution in [1.82, 2.24) is 4.90 Å². The number of carbonyl (C=O) groups is 1. The van der Waals surface area contributed by atoms with Crippen molar-refractivity contribution < 1.29 is 4.79 Å². The zero-order chi connectivity index (χ0) is 7.72. The third-order valence-electron chi connectivity index (χ3n) is 1.28. The minimum atomic E-state index is -0.0256. The van der Waals surface area contributed by atoms with Crippen LogP contribution in [0.4, 0.5) is 0 Å². The van der Waals surface area contributed by atoms with Gasteiger partial charge in [-0.15, -0.1) is 0 Å². The van der Waals surface area contributed by atoms with Crippen LogP contribution >= 0.6 is 12.2 Å². The first-order chi connectivity index (χ1) is 4.61. The second-order valence-electron chi connectivity index (χ2n) is 2.24. The average Bonchev–Trinajstić information content (AvgIpc) is 2.10. The molecule has 0 aliphatic carbocycles. The molecule has 4 heteroatoms. The van der Waals surface area contributed by atoms with Crippen LogP contribution in [0, 0.1) is 0 Å². The van der Waals surface area contributed by atoms with E-state index in [1.807, 2.05) is 0 Å². The number of likely N-dealkylation sites (N-methyl/N-ethyl adjacent to an activating group) is 1. The Morgan fingerprint density at radius 3 is 2.60 bits per heavy atom. The Hall–Kier alpha value is -0.770. The zero-order valence-electron chi connectivity index (χ0n) is 5.92. The molecule has 1 aliphatic heterocycles. The zero-order valence-corrected chi connectivity index (χ0v) is 6.73. The van der Waals surface area contributed by atoms with Gasteiger partial charge in [0.15, 0.2) is 11.6 Å². The first-order valence-corrected chi connectivity index (χ1v) is 3.35. The highest BCUT2D eigenvalue weighted by Crippen LogP contribution is 2.01. The Labute approximate surface area is 64.7 Å². The van der Waals surface area contributed by atoms with Crippen molar-refractivity contribution in [3.63, 3.8) is 0 Å². The van der Waals surface area contributed by atoms with E-state index in [2.05, 4.69) is 4.99 Å². The number of hydrogen-bond acceptors (Lipinski definition) is 3. The van der Waals surface area contributed by atoms with Gasteiger partial charge in [-0.1, -0.05) is 12.2 Å². The molecule has 0 unspecified atom stereocenters. The minimum absolute atomic E-state index is 0.0256. The van der Waals surface area contributed by atoms with E-state index < -0.39 is 0 Å². The summed E-state index contributed by atoms with van der Waals surface area (Å²) in [6.07, 6.45) is 0. The standard InChI is InChI=1S/C6H8N2OS/c1-4(9)6-7-5(10)3-8(6)2/h3H2,1-2H3. The summed E-state index contributed by atoms with van der Waals surface area (Å²) >= 11 is 4.81. The molecule has 0 bridgehead atoms. The number of carbonyl (C=O) groups excluding carboxylic acids is 1. The molecule has 0 radical (unpaired) electrons. The molecule has 1 aliphatic rings. The van der Waals surface area contributed by atoms with Crippen LogP contribution in [0.3, 0.4) is 0 Å². The number of rotatable bonds is 1. The highest BCUT2D eigenvalue weighted by atomic mass is 32.1. The van der Waals surface area contributed by atoms with Crippen molar-refractivity contribution in [3.05, 3.63) is 0 Å². The van der Waals surface area contributed by atoms with E-state index in [-0.39, 0.29) is 5.78 Å². The van der Waals surface area contributed by atoms with Gasteiger partial charge >= 0.3 is 0 Å². The van der Waals surface area contributed by atoms with Crippen LogP contribution in [0.1, 0.15) is 6.92 Å². The normalized spacial score (nSPS) is 17.6. The van der Waals surface area contributed by atoms with Gasteiger partial charge in [0.1, 0.15) is 4.99 Å². The van der Waals surface area contributed by atoms with Crippen molar-refractivity contribution in [3.8, 4) is 0 Å². The van der Waals surface area contributed by atoms with Gasteiger partial charge in [0.05, 0.1) is 6.54 Å². The van der Waals surface area contributed by atoms with Gasteiger partial charge in [-0.05, 0) is 0 Å². The fraction of sp³-hybridized carbons (Fsp3) is 0.500. The lowest BCUT2D eigenvalue weighted by Gasteiger charge is -2.08. The maximum atomic E-state index is 10.8. The highest BCUT2D eigenvalue weighted by Gasteiger charge is 2.19. The molecule has 0 amide bonds. The smallest absolute Gasteiger partial charge is 0.194 e. The number of ketones is 1. The number of aliphatic imine (C=N–C) groups is 1. The molecule has 0 aromatic heterocycles. The molecule has 3 nitrogen and oxygen atoms in total. The summed E-state index contributed by atoms with van der Waals surface area (Å²) in [7, 11) is 1.81. The van der Waals surface area contributed by atoms with Crippen molar-refractivity contribution >= 4 is 28.8 Å². The molecular weight excluding hydrogens is 148 g/mol. The summed E-state index contributed by atoms with van der Waals surface area (Å²) < 4.78 is 0. The largest absolute Gasteiger partial charge is 0.350 e. The van der Waals surface area contributed by atoms with E-state index in [0.717, 1.165) is 0 Å². The first-order valence-electron chi connectivity index (χ1n) is 2.95. The second-order valence-corrected chi connectivity index (χ2v) is 2.71. The van der Waals surface area contributed by atoms with Gasteiger partial charge in [0.2, 0.25) is 0 Å². The molecule has 0 fully saturated rings. The fourth-order valence-electron chi connectivity index (χ4n) is 0.864. The number of thiocarbonyl (C=S) groups is 1. The third-order valence-corrected chi connectivity index (χ3v) is 1.50. The second kappa shape index (κ2) is 2.46. The van der Waals surface area contributed by atoms with Crippen molar-refractivity contribution in [2.75, 3.05) is 13.6 Å². The van der Waals surface area contributed by atoms with E-state index >= 15 is 0 Å². The predicted molar refractivity (Wildman–Crippen MR) is 43.3 cm³/mol. The summed E-state index contributed by atoms with van der Waals surface area (Å²) in [6.45, 7) is 2.09. The number of nitrogens with zero attached hydrogens (tertiary/aromatic N) is 2. The lowest BCUT2D eigenvalue weighted by Crippen LogP contribution is -2.28. The van der Waals surface area contributed by atoms with Crippen LogP contribution in [0.25, 0.3) is 0 Å². The number of amidine groups is 1. The van der Waals surface area contributed by atoms with Crippen molar-refractivity contribution in [1.29, 1.82) is 0 Å². The van der Waals surface area contributed by atoms with Gasteiger partial charge in [-0.3, -0.25) is 4.79 Å². The lowest BCUT2D eigenvalue weighted by atomic mass is 10.4. The topological polar surface area (TPSA) is 32.7 Å². The van der Waals surface area contributed by atoms with Crippen LogP contribution in [0.15, 0.2) is 4.99 Å². The Morgan fingerprint density at radius 1 is 1.80 bits per heavy atom. The van der Waals surface area contributed by atoms with Crippen LogP contribution in [-0.4, -0.2) is 35.1 Å². The summed E-state index contributed by atoms with van der Waals surface area (Å²) in [4.78, 5) is 17.0. The van der Waals surface area contributed by atoms with Crippen LogP contribution in [0.2, 0.25) is 0 Å². The molecule has 0 spiro atoms.